The van der Waals surface area contributed by atoms with Crippen LogP contribution in [0.15, 0.2) is 41.3 Å². The molecule has 0 fully saturated rings. The van der Waals surface area contributed by atoms with Gasteiger partial charge < -0.3 is 4.74 Å². The first-order chi connectivity index (χ1) is 11.0. The molecule has 122 valence electrons. The van der Waals surface area contributed by atoms with E-state index in [4.69, 9.17) is 16.3 Å². The lowest BCUT2D eigenvalue weighted by molar-refractivity contribution is 0.403. The van der Waals surface area contributed by atoms with Crippen molar-refractivity contribution in [3.8, 4) is 5.75 Å². The summed E-state index contributed by atoms with van der Waals surface area (Å²) in [6, 6.07) is 10.3. The zero-order chi connectivity index (χ0) is 16.4. The van der Waals surface area contributed by atoms with Gasteiger partial charge in [0.05, 0.1) is 12.8 Å². The van der Waals surface area contributed by atoms with Crippen molar-refractivity contribution < 1.29 is 13.2 Å². The van der Waals surface area contributed by atoms with Crippen LogP contribution in [0.1, 0.15) is 24.0 Å². The summed E-state index contributed by atoms with van der Waals surface area (Å²) < 4.78 is 33.4. The summed E-state index contributed by atoms with van der Waals surface area (Å²) in [6.07, 6.45) is 4.10. The molecule has 2 aromatic carbocycles. The fraction of sp³-hybridized carbons (Fsp3) is 0.294. The summed E-state index contributed by atoms with van der Waals surface area (Å²) in [4.78, 5) is 0.0425. The highest BCUT2D eigenvalue weighted by atomic mass is 35.5. The van der Waals surface area contributed by atoms with Crippen LogP contribution in [0.2, 0.25) is 5.02 Å². The predicted octanol–water partition coefficient (Wildman–Crippen LogP) is 4.03. The predicted molar refractivity (Wildman–Crippen MR) is 91.9 cm³/mol. The minimum Gasteiger partial charge on any atom is -0.495 e. The van der Waals surface area contributed by atoms with Crippen LogP contribution in [0, 0.1) is 0 Å². The molecule has 6 heteroatoms. The maximum atomic E-state index is 12.8. The van der Waals surface area contributed by atoms with Crippen molar-refractivity contribution >= 4 is 27.3 Å². The van der Waals surface area contributed by atoms with Crippen LogP contribution in [0.4, 0.5) is 5.69 Å². The topological polar surface area (TPSA) is 55.4 Å². The van der Waals surface area contributed by atoms with Gasteiger partial charge in [-0.15, -0.1) is 0 Å². The second kappa shape index (κ2) is 6.42. The van der Waals surface area contributed by atoms with E-state index in [-0.39, 0.29) is 10.6 Å². The average Bonchev–Trinajstić information content (AvgIpc) is 2.55. The third kappa shape index (κ3) is 3.31. The fourth-order valence-electron chi connectivity index (χ4n) is 2.94. The Morgan fingerprint density at radius 1 is 1.13 bits per heavy atom. The van der Waals surface area contributed by atoms with E-state index in [0.29, 0.717) is 10.7 Å². The monoisotopic (exact) mass is 351 g/mol. The Hall–Kier alpha value is -1.72. The maximum Gasteiger partial charge on any atom is 0.265 e. The van der Waals surface area contributed by atoms with E-state index < -0.39 is 10.0 Å². The number of ether oxygens (including phenoxy) is 1. The number of halogens is 1. The van der Waals surface area contributed by atoms with E-state index in [1.807, 2.05) is 6.07 Å². The molecule has 0 aliphatic heterocycles. The highest BCUT2D eigenvalue weighted by molar-refractivity contribution is 7.92. The van der Waals surface area contributed by atoms with Gasteiger partial charge in [0.1, 0.15) is 10.6 Å². The molecule has 0 spiro atoms. The summed E-state index contributed by atoms with van der Waals surface area (Å²) in [5.41, 5.74) is 2.95. The number of nitrogens with one attached hydrogen (secondary N) is 1. The SMILES string of the molecule is COc1ccc(Cl)cc1S(=O)(=O)Nc1cccc2c1CCCC2. The van der Waals surface area contributed by atoms with Crippen molar-refractivity contribution in [1.29, 1.82) is 0 Å². The molecule has 0 amide bonds. The largest absolute Gasteiger partial charge is 0.495 e. The molecule has 1 aliphatic carbocycles. The zero-order valence-electron chi connectivity index (χ0n) is 12.8. The number of rotatable bonds is 4. The van der Waals surface area contributed by atoms with Gasteiger partial charge in [0, 0.05) is 5.02 Å². The van der Waals surface area contributed by atoms with Crippen LogP contribution in [0.25, 0.3) is 0 Å². The number of benzene rings is 2. The lowest BCUT2D eigenvalue weighted by atomic mass is 9.91. The summed E-state index contributed by atoms with van der Waals surface area (Å²) in [6.45, 7) is 0. The highest BCUT2D eigenvalue weighted by Crippen LogP contribution is 2.32. The first-order valence-corrected chi connectivity index (χ1v) is 9.34. The van der Waals surface area contributed by atoms with Crippen LogP contribution in [-0.2, 0) is 22.9 Å². The number of aryl methyl sites for hydroxylation is 1. The quantitative estimate of drug-likeness (QED) is 0.904. The van der Waals surface area contributed by atoms with Crippen LogP contribution >= 0.6 is 11.6 Å². The Balaban J connectivity index is 2.01. The number of hydrogen-bond donors (Lipinski definition) is 1. The number of fused-ring (bicyclic) bond motifs is 1. The molecule has 23 heavy (non-hydrogen) atoms. The molecule has 1 N–H and O–H groups in total. The molecular formula is C17H18ClNO3S. The smallest absolute Gasteiger partial charge is 0.265 e. The van der Waals surface area contributed by atoms with E-state index in [1.165, 1.54) is 18.7 Å². The molecule has 0 bridgehead atoms. The molecule has 0 unspecified atom stereocenters. The molecule has 0 radical (unpaired) electrons. The lowest BCUT2D eigenvalue weighted by Gasteiger charge is -2.20. The van der Waals surface area contributed by atoms with Gasteiger partial charge in [0.15, 0.2) is 0 Å². The average molecular weight is 352 g/mol. The van der Waals surface area contributed by atoms with E-state index >= 15 is 0 Å². The summed E-state index contributed by atoms with van der Waals surface area (Å²) in [5, 5.41) is 0.348. The van der Waals surface area contributed by atoms with Crippen LogP contribution < -0.4 is 9.46 Å². The first kappa shape index (κ1) is 16.1. The summed E-state index contributed by atoms with van der Waals surface area (Å²) in [7, 11) is -2.33. The fourth-order valence-corrected chi connectivity index (χ4v) is 4.46. The summed E-state index contributed by atoms with van der Waals surface area (Å²) >= 11 is 5.95. The Labute approximate surface area is 141 Å². The van der Waals surface area contributed by atoms with Crippen molar-refractivity contribution in [2.75, 3.05) is 11.8 Å². The Bertz CT molecular complexity index is 834. The summed E-state index contributed by atoms with van der Waals surface area (Å²) in [5.74, 6) is 0.270. The third-order valence-corrected chi connectivity index (χ3v) is 5.68. The highest BCUT2D eigenvalue weighted by Gasteiger charge is 2.22. The number of methoxy groups -OCH3 is 1. The van der Waals surface area contributed by atoms with E-state index in [0.717, 1.165) is 31.2 Å². The molecule has 4 nitrogen and oxygen atoms in total. The van der Waals surface area contributed by atoms with E-state index in [1.54, 1.807) is 18.2 Å². The maximum absolute atomic E-state index is 12.8. The van der Waals surface area contributed by atoms with Gasteiger partial charge >= 0.3 is 0 Å². The van der Waals surface area contributed by atoms with Crippen molar-refractivity contribution in [3.05, 3.63) is 52.5 Å². The number of hydrogen-bond acceptors (Lipinski definition) is 3. The lowest BCUT2D eigenvalue weighted by Crippen LogP contribution is -2.17. The van der Waals surface area contributed by atoms with E-state index in [9.17, 15) is 8.42 Å². The van der Waals surface area contributed by atoms with Gasteiger partial charge in [-0.2, -0.15) is 0 Å². The molecular weight excluding hydrogens is 334 g/mol. The van der Waals surface area contributed by atoms with Gasteiger partial charge in [0.2, 0.25) is 0 Å². The minimum absolute atomic E-state index is 0.0425. The van der Waals surface area contributed by atoms with Crippen LogP contribution in [0.5, 0.6) is 5.75 Å². The second-order valence-corrected chi connectivity index (χ2v) is 7.64. The molecule has 3 rings (SSSR count). The van der Waals surface area contributed by atoms with Crippen LogP contribution in [-0.4, -0.2) is 15.5 Å². The van der Waals surface area contributed by atoms with Gasteiger partial charge in [0.25, 0.3) is 10.0 Å². The van der Waals surface area contributed by atoms with Gasteiger partial charge in [-0.1, -0.05) is 23.7 Å². The molecule has 0 saturated heterocycles. The van der Waals surface area contributed by atoms with Crippen molar-refractivity contribution in [1.82, 2.24) is 0 Å². The third-order valence-electron chi connectivity index (χ3n) is 4.06. The standard InChI is InChI=1S/C17H18ClNO3S/c1-22-16-10-9-13(18)11-17(16)23(20,21)19-15-8-4-6-12-5-2-3-7-14(12)15/h4,6,8-11,19H,2-3,5,7H2,1H3. The molecule has 0 aromatic heterocycles. The van der Waals surface area contributed by atoms with Crippen molar-refractivity contribution in [2.45, 2.75) is 30.6 Å². The molecule has 0 saturated carbocycles. The first-order valence-electron chi connectivity index (χ1n) is 7.48. The van der Waals surface area contributed by atoms with E-state index in [2.05, 4.69) is 10.8 Å². The van der Waals surface area contributed by atoms with Gasteiger partial charge in [-0.25, -0.2) is 8.42 Å². The van der Waals surface area contributed by atoms with Crippen molar-refractivity contribution in [2.24, 2.45) is 0 Å². The van der Waals surface area contributed by atoms with Gasteiger partial charge in [-0.3, -0.25) is 4.72 Å². The Morgan fingerprint density at radius 2 is 1.91 bits per heavy atom. The molecule has 0 heterocycles. The molecule has 0 atom stereocenters. The Morgan fingerprint density at radius 3 is 2.70 bits per heavy atom. The number of anilines is 1. The van der Waals surface area contributed by atoms with Crippen molar-refractivity contribution in [3.63, 3.8) is 0 Å². The normalized spacial score (nSPS) is 14.2. The zero-order valence-corrected chi connectivity index (χ0v) is 14.4. The second-order valence-electron chi connectivity index (χ2n) is 5.55. The molecule has 1 aliphatic rings. The van der Waals surface area contributed by atoms with Crippen LogP contribution in [0.3, 0.4) is 0 Å². The minimum atomic E-state index is -3.77. The molecule has 2 aromatic rings. The number of sulfonamides is 1. The van der Waals surface area contributed by atoms with Gasteiger partial charge in [-0.05, 0) is 61.1 Å². The Kier molecular flexibility index (Phi) is 4.50.